The lowest BCUT2D eigenvalue weighted by molar-refractivity contribution is 0.375. The summed E-state index contributed by atoms with van der Waals surface area (Å²) in [6, 6.07) is 0. The number of rotatable bonds is 13. The van der Waals surface area contributed by atoms with Crippen LogP contribution in [0.25, 0.3) is 5.70 Å². The van der Waals surface area contributed by atoms with Gasteiger partial charge in [0.1, 0.15) is 5.69 Å². The molecule has 5 nitrogen and oxygen atoms in total. The molecule has 0 unspecified atom stereocenters. The third-order valence-corrected chi connectivity index (χ3v) is 3.83. The molecule has 1 rings (SSSR count). The van der Waals surface area contributed by atoms with Gasteiger partial charge < -0.3 is 20.5 Å². The smallest absolute Gasteiger partial charge is 0.202 e. The normalized spacial score (nSPS) is 10.3. The number of hydrogen-bond acceptors (Lipinski definition) is 4. The molecule has 0 saturated carbocycles. The predicted octanol–water partition coefficient (Wildman–Crippen LogP) is 4.59. The summed E-state index contributed by atoms with van der Waals surface area (Å²) in [7, 11) is 0. The van der Waals surface area contributed by atoms with Gasteiger partial charge in [-0.3, -0.25) is 0 Å². The van der Waals surface area contributed by atoms with E-state index in [1.165, 1.54) is 12.8 Å². The minimum Gasteiger partial charge on any atom is -0.389 e. The lowest BCUT2D eigenvalue weighted by Crippen LogP contribution is -2.27. The zero-order valence-electron chi connectivity index (χ0n) is 14.9. The number of nitrogens with one attached hydrogen (secondary N) is 3. The van der Waals surface area contributed by atoms with Gasteiger partial charge >= 0.3 is 0 Å². The number of aromatic nitrogens is 2. The molecule has 0 radical (unpaired) electrons. The van der Waals surface area contributed by atoms with Crippen LogP contribution in [0.4, 0.5) is 5.82 Å². The van der Waals surface area contributed by atoms with Gasteiger partial charge in [0.25, 0.3) is 0 Å². The molecule has 0 fully saturated rings. The van der Waals surface area contributed by atoms with E-state index in [4.69, 9.17) is 11.6 Å². The van der Waals surface area contributed by atoms with Crippen LogP contribution >= 0.6 is 11.6 Å². The summed E-state index contributed by atoms with van der Waals surface area (Å²) in [5, 5.41) is 6.61. The zero-order valence-corrected chi connectivity index (χ0v) is 15.7. The summed E-state index contributed by atoms with van der Waals surface area (Å²) in [5.41, 5.74) is 2.69. The Balaban J connectivity index is 2.77. The third kappa shape index (κ3) is 6.71. The molecule has 0 bridgehead atoms. The van der Waals surface area contributed by atoms with E-state index in [9.17, 15) is 0 Å². The van der Waals surface area contributed by atoms with E-state index in [0.717, 1.165) is 49.6 Å². The Morgan fingerprint density at radius 3 is 2.62 bits per heavy atom. The average Bonchev–Trinajstić information content (AvgIpc) is 2.90. The fraction of sp³-hybridized carbons (Fsp3) is 0.500. The Bertz CT molecular complexity index is 550. The molecular formula is C18H30ClN5. The highest BCUT2D eigenvalue weighted by Gasteiger charge is 2.16. The van der Waals surface area contributed by atoms with Crippen LogP contribution in [0.5, 0.6) is 0 Å². The van der Waals surface area contributed by atoms with Gasteiger partial charge in [-0.25, -0.2) is 0 Å². The van der Waals surface area contributed by atoms with Crippen molar-refractivity contribution < 1.29 is 0 Å². The lowest BCUT2D eigenvalue weighted by atomic mass is 10.2. The molecule has 0 aromatic carbocycles. The first-order chi connectivity index (χ1) is 11.5. The molecule has 1 aromatic heterocycles. The van der Waals surface area contributed by atoms with Gasteiger partial charge in [0.2, 0.25) is 5.28 Å². The topological polar surface area (TPSA) is 56.0 Å². The molecule has 0 saturated heterocycles. The van der Waals surface area contributed by atoms with Gasteiger partial charge in [0.15, 0.2) is 5.82 Å². The second kappa shape index (κ2) is 10.8. The van der Waals surface area contributed by atoms with Crippen molar-refractivity contribution >= 4 is 23.1 Å². The van der Waals surface area contributed by atoms with Gasteiger partial charge in [-0.05, 0) is 37.6 Å². The number of anilines is 1. The molecule has 0 amide bonds. The van der Waals surface area contributed by atoms with Crippen LogP contribution in [0.3, 0.4) is 0 Å². The second-order valence-corrected chi connectivity index (χ2v) is 6.16. The van der Waals surface area contributed by atoms with Crippen molar-refractivity contribution in [3.63, 3.8) is 0 Å². The molecule has 0 aliphatic carbocycles. The Hall–Kier alpha value is -1.88. The van der Waals surface area contributed by atoms with Gasteiger partial charge in [0, 0.05) is 25.3 Å². The molecule has 3 N–H and O–H groups in total. The number of aromatic amines is 1. The van der Waals surface area contributed by atoms with Gasteiger partial charge in [0.05, 0.1) is 5.70 Å². The van der Waals surface area contributed by atoms with Crippen molar-refractivity contribution in [2.75, 3.05) is 25.0 Å². The van der Waals surface area contributed by atoms with E-state index in [2.05, 4.69) is 52.2 Å². The highest BCUT2D eigenvalue weighted by atomic mass is 35.5. The molecule has 0 spiro atoms. The van der Waals surface area contributed by atoms with Gasteiger partial charge in [-0.1, -0.05) is 39.5 Å². The molecular weight excluding hydrogens is 322 g/mol. The third-order valence-electron chi connectivity index (χ3n) is 3.65. The summed E-state index contributed by atoms with van der Waals surface area (Å²) in [5.74, 6) is 0.653. The number of H-pyrrole nitrogens is 1. The predicted molar refractivity (Wildman–Crippen MR) is 105 cm³/mol. The van der Waals surface area contributed by atoms with E-state index < -0.39 is 0 Å². The number of allylic oxidation sites excluding steroid dienone is 1. The van der Waals surface area contributed by atoms with E-state index in [0.29, 0.717) is 11.1 Å². The van der Waals surface area contributed by atoms with E-state index in [1.807, 2.05) is 6.92 Å². The first-order valence-electron chi connectivity index (χ1n) is 8.46. The average molecular weight is 352 g/mol. The Morgan fingerprint density at radius 1 is 1.29 bits per heavy atom. The van der Waals surface area contributed by atoms with Crippen LogP contribution in [0.15, 0.2) is 31.6 Å². The van der Waals surface area contributed by atoms with Crippen LogP contribution in [0, 0.1) is 0 Å². The highest BCUT2D eigenvalue weighted by molar-refractivity contribution is 6.28. The summed E-state index contributed by atoms with van der Waals surface area (Å²) in [6.07, 6.45) is 6.12. The Labute approximate surface area is 150 Å². The molecule has 1 heterocycles. The van der Waals surface area contributed by atoms with E-state index >= 15 is 0 Å². The number of halogens is 1. The van der Waals surface area contributed by atoms with E-state index in [1.54, 1.807) is 6.20 Å². The quantitative estimate of drug-likeness (QED) is 0.455. The summed E-state index contributed by atoms with van der Waals surface area (Å²) < 4.78 is 0. The lowest BCUT2D eigenvalue weighted by Gasteiger charge is -2.27. The van der Waals surface area contributed by atoms with Crippen molar-refractivity contribution in [2.45, 2.75) is 39.5 Å². The SMILES string of the molecule is C=CNc1nc(Cl)[nH]c1C(=C)N(CCCCC)CCCNC(=C)C. The van der Waals surface area contributed by atoms with Crippen molar-refractivity contribution in [1.82, 2.24) is 20.2 Å². The summed E-state index contributed by atoms with van der Waals surface area (Å²) >= 11 is 6.02. The fourth-order valence-corrected chi connectivity index (χ4v) is 2.60. The maximum absolute atomic E-state index is 6.02. The largest absolute Gasteiger partial charge is 0.389 e. The molecule has 24 heavy (non-hydrogen) atoms. The number of imidazole rings is 1. The molecule has 6 heteroatoms. The van der Waals surface area contributed by atoms with Crippen molar-refractivity contribution in [3.8, 4) is 0 Å². The van der Waals surface area contributed by atoms with Crippen LogP contribution in [0.1, 0.15) is 45.2 Å². The van der Waals surface area contributed by atoms with E-state index in [-0.39, 0.29) is 0 Å². The van der Waals surface area contributed by atoms with Gasteiger partial charge in [-0.15, -0.1) is 0 Å². The minimum absolute atomic E-state index is 0.341. The monoisotopic (exact) mass is 351 g/mol. The number of unbranched alkanes of at least 4 members (excludes halogenated alkanes) is 2. The molecule has 0 aliphatic rings. The molecule has 0 aliphatic heterocycles. The zero-order chi connectivity index (χ0) is 17.9. The van der Waals surface area contributed by atoms with Gasteiger partial charge in [-0.2, -0.15) is 4.98 Å². The maximum Gasteiger partial charge on any atom is 0.202 e. The standard InChI is InChI=1S/C18H30ClN5/c1-6-8-9-12-24(13-10-11-21-14(3)4)15(5)16-17(20-7-2)23-18(19)22-16/h7,20-21H,2-3,5-6,8-13H2,1,4H3,(H,22,23). The Kier molecular flexibility index (Phi) is 9.08. The summed E-state index contributed by atoms with van der Waals surface area (Å²) in [4.78, 5) is 9.60. The van der Waals surface area contributed by atoms with Crippen molar-refractivity contribution in [1.29, 1.82) is 0 Å². The van der Waals surface area contributed by atoms with Crippen molar-refractivity contribution in [3.05, 3.63) is 42.6 Å². The van der Waals surface area contributed by atoms with Crippen LogP contribution < -0.4 is 10.6 Å². The first-order valence-corrected chi connectivity index (χ1v) is 8.83. The first kappa shape index (κ1) is 20.2. The number of hydrogen-bond donors (Lipinski definition) is 3. The molecule has 134 valence electrons. The highest BCUT2D eigenvalue weighted by Crippen LogP contribution is 2.25. The molecule has 0 atom stereocenters. The minimum atomic E-state index is 0.341. The molecule has 1 aromatic rings. The Morgan fingerprint density at radius 2 is 2.00 bits per heavy atom. The number of nitrogens with zero attached hydrogens (tertiary/aromatic N) is 2. The maximum atomic E-state index is 6.02. The summed E-state index contributed by atoms with van der Waals surface area (Å²) in [6.45, 7) is 18.7. The second-order valence-electron chi connectivity index (χ2n) is 5.80. The fourth-order valence-electron chi connectivity index (χ4n) is 2.42. The van der Waals surface area contributed by atoms with Crippen LogP contribution in [0.2, 0.25) is 5.28 Å². The van der Waals surface area contributed by atoms with Crippen molar-refractivity contribution in [2.24, 2.45) is 0 Å². The van der Waals surface area contributed by atoms with Crippen LogP contribution in [-0.2, 0) is 0 Å². The van der Waals surface area contributed by atoms with Crippen LogP contribution in [-0.4, -0.2) is 34.5 Å².